The molecular formula is C18H31N5OS. The predicted octanol–water partition coefficient (Wildman–Crippen LogP) is 1.91. The fraction of sp³-hybridized carbons (Fsp3) is 0.667. The Morgan fingerprint density at radius 1 is 1.32 bits per heavy atom. The number of piperidine rings is 1. The van der Waals surface area contributed by atoms with Gasteiger partial charge in [-0.2, -0.15) is 0 Å². The number of thiophene rings is 1. The lowest BCUT2D eigenvalue weighted by Gasteiger charge is -2.35. The predicted molar refractivity (Wildman–Crippen MR) is 105 cm³/mol. The summed E-state index contributed by atoms with van der Waals surface area (Å²) in [6.07, 6.45) is 3.16. The molecule has 1 amide bonds. The molecule has 25 heavy (non-hydrogen) atoms. The zero-order valence-electron chi connectivity index (χ0n) is 15.5. The summed E-state index contributed by atoms with van der Waals surface area (Å²) < 4.78 is 0. The third-order valence-corrected chi connectivity index (χ3v) is 5.37. The Morgan fingerprint density at radius 2 is 2.04 bits per heavy atom. The molecule has 0 atom stereocenters. The first-order valence-corrected chi connectivity index (χ1v) is 10.0. The quantitative estimate of drug-likeness (QED) is 0.392. The average molecular weight is 366 g/mol. The van der Waals surface area contributed by atoms with E-state index in [4.69, 9.17) is 0 Å². The average Bonchev–Trinajstić information content (AvgIpc) is 3.15. The van der Waals surface area contributed by atoms with Crippen molar-refractivity contribution in [2.75, 3.05) is 33.2 Å². The number of hydrogen-bond donors (Lipinski definition) is 3. The van der Waals surface area contributed by atoms with E-state index in [0.29, 0.717) is 18.6 Å². The Bertz CT molecular complexity index is 536. The smallest absolute Gasteiger partial charge is 0.261 e. The summed E-state index contributed by atoms with van der Waals surface area (Å²) in [5, 5.41) is 11.7. The Kier molecular flexibility index (Phi) is 8.21. The largest absolute Gasteiger partial charge is 0.356 e. The molecule has 1 aliphatic heterocycles. The van der Waals surface area contributed by atoms with Crippen LogP contribution in [-0.4, -0.2) is 62.1 Å². The fourth-order valence-electron chi connectivity index (χ4n) is 2.94. The van der Waals surface area contributed by atoms with E-state index in [2.05, 4.69) is 39.7 Å². The lowest BCUT2D eigenvalue weighted by molar-refractivity contribution is 0.0957. The van der Waals surface area contributed by atoms with Gasteiger partial charge in [-0.05, 0) is 44.6 Å². The molecule has 1 saturated heterocycles. The molecule has 0 bridgehead atoms. The van der Waals surface area contributed by atoms with Gasteiger partial charge >= 0.3 is 0 Å². The highest BCUT2D eigenvalue weighted by molar-refractivity contribution is 7.12. The van der Waals surface area contributed by atoms with Crippen LogP contribution in [0, 0.1) is 0 Å². The van der Waals surface area contributed by atoms with Gasteiger partial charge in [0, 0.05) is 45.3 Å². The number of carbonyl (C=O) groups is 1. The SMILES string of the molecule is CN=C(NCCCNC(=O)c1cccs1)NC1CCN(C(C)C)CC1. The number of rotatable bonds is 7. The van der Waals surface area contributed by atoms with Gasteiger partial charge in [-0.1, -0.05) is 6.07 Å². The molecule has 3 N–H and O–H groups in total. The molecule has 1 aromatic heterocycles. The van der Waals surface area contributed by atoms with Gasteiger partial charge in [-0.15, -0.1) is 11.3 Å². The molecule has 6 nitrogen and oxygen atoms in total. The topological polar surface area (TPSA) is 68.8 Å². The highest BCUT2D eigenvalue weighted by Gasteiger charge is 2.21. The zero-order chi connectivity index (χ0) is 18.1. The zero-order valence-corrected chi connectivity index (χ0v) is 16.4. The molecule has 0 saturated carbocycles. The van der Waals surface area contributed by atoms with Crippen LogP contribution in [0.4, 0.5) is 0 Å². The number of hydrogen-bond acceptors (Lipinski definition) is 4. The van der Waals surface area contributed by atoms with E-state index < -0.39 is 0 Å². The monoisotopic (exact) mass is 365 g/mol. The number of aliphatic imine (C=N–C) groups is 1. The Hall–Kier alpha value is -1.60. The first-order chi connectivity index (χ1) is 12.1. The summed E-state index contributed by atoms with van der Waals surface area (Å²) in [5.74, 6) is 0.863. The van der Waals surface area contributed by atoms with E-state index in [9.17, 15) is 4.79 Å². The van der Waals surface area contributed by atoms with Gasteiger partial charge in [0.2, 0.25) is 0 Å². The molecule has 2 rings (SSSR count). The second-order valence-corrected chi connectivity index (χ2v) is 7.58. The molecule has 1 aliphatic rings. The molecule has 0 spiro atoms. The molecule has 0 radical (unpaired) electrons. The van der Waals surface area contributed by atoms with Crippen LogP contribution in [-0.2, 0) is 0 Å². The third kappa shape index (κ3) is 6.66. The Balaban J connectivity index is 1.59. The molecule has 0 unspecified atom stereocenters. The van der Waals surface area contributed by atoms with E-state index in [1.807, 2.05) is 17.5 Å². The summed E-state index contributed by atoms with van der Waals surface area (Å²) in [4.78, 5) is 19.4. The maximum absolute atomic E-state index is 11.8. The van der Waals surface area contributed by atoms with Crippen LogP contribution in [0.2, 0.25) is 0 Å². The summed E-state index contributed by atoms with van der Waals surface area (Å²) in [6, 6.07) is 4.85. The van der Waals surface area contributed by atoms with Crippen LogP contribution < -0.4 is 16.0 Å². The minimum atomic E-state index is 0.00872. The minimum absolute atomic E-state index is 0.00872. The number of nitrogens with zero attached hydrogens (tertiary/aromatic N) is 2. The van der Waals surface area contributed by atoms with E-state index in [-0.39, 0.29) is 5.91 Å². The van der Waals surface area contributed by atoms with Crippen LogP contribution in [0.1, 0.15) is 42.8 Å². The van der Waals surface area contributed by atoms with Crippen molar-refractivity contribution in [1.29, 1.82) is 0 Å². The van der Waals surface area contributed by atoms with Gasteiger partial charge in [0.05, 0.1) is 4.88 Å². The second-order valence-electron chi connectivity index (χ2n) is 6.63. The van der Waals surface area contributed by atoms with Gasteiger partial charge in [-0.3, -0.25) is 9.79 Å². The van der Waals surface area contributed by atoms with Crippen molar-refractivity contribution in [2.45, 2.75) is 45.2 Å². The highest BCUT2D eigenvalue weighted by atomic mass is 32.1. The van der Waals surface area contributed by atoms with Crippen LogP contribution in [0.5, 0.6) is 0 Å². The molecule has 2 heterocycles. The molecule has 0 aliphatic carbocycles. The van der Waals surface area contributed by atoms with Gasteiger partial charge < -0.3 is 20.9 Å². The van der Waals surface area contributed by atoms with E-state index in [0.717, 1.165) is 49.7 Å². The van der Waals surface area contributed by atoms with Crippen molar-refractivity contribution >= 4 is 23.2 Å². The number of guanidine groups is 1. The van der Waals surface area contributed by atoms with Crippen molar-refractivity contribution in [3.63, 3.8) is 0 Å². The molecule has 1 fully saturated rings. The van der Waals surface area contributed by atoms with Crippen molar-refractivity contribution in [2.24, 2.45) is 4.99 Å². The lowest BCUT2D eigenvalue weighted by atomic mass is 10.0. The lowest BCUT2D eigenvalue weighted by Crippen LogP contribution is -2.50. The Morgan fingerprint density at radius 3 is 2.64 bits per heavy atom. The maximum Gasteiger partial charge on any atom is 0.261 e. The van der Waals surface area contributed by atoms with Crippen LogP contribution in [0.25, 0.3) is 0 Å². The number of carbonyl (C=O) groups excluding carboxylic acids is 1. The maximum atomic E-state index is 11.8. The van der Waals surface area contributed by atoms with Gasteiger partial charge in [0.15, 0.2) is 5.96 Å². The standard InChI is InChI=1S/C18H31N5OS/c1-14(2)23-11-7-15(8-12-23)22-18(19-3)21-10-5-9-20-17(24)16-6-4-13-25-16/h4,6,13-15H,5,7-12H2,1-3H3,(H,20,24)(H2,19,21,22). The molecule has 140 valence electrons. The van der Waals surface area contributed by atoms with Crippen molar-refractivity contribution < 1.29 is 4.79 Å². The van der Waals surface area contributed by atoms with Crippen LogP contribution in [0.3, 0.4) is 0 Å². The molecular weight excluding hydrogens is 334 g/mol. The normalized spacial score (nSPS) is 16.9. The van der Waals surface area contributed by atoms with Gasteiger partial charge in [0.25, 0.3) is 5.91 Å². The number of likely N-dealkylation sites (tertiary alicyclic amines) is 1. The second kappa shape index (κ2) is 10.4. The fourth-order valence-corrected chi connectivity index (χ4v) is 3.58. The summed E-state index contributed by atoms with van der Waals surface area (Å²) >= 11 is 1.46. The summed E-state index contributed by atoms with van der Waals surface area (Å²) in [5.41, 5.74) is 0. The molecule has 1 aromatic rings. The van der Waals surface area contributed by atoms with Gasteiger partial charge in [-0.25, -0.2) is 0 Å². The Labute approximate surface area is 155 Å². The molecule has 7 heteroatoms. The van der Waals surface area contributed by atoms with Crippen molar-refractivity contribution in [1.82, 2.24) is 20.9 Å². The minimum Gasteiger partial charge on any atom is -0.356 e. The molecule has 0 aromatic carbocycles. The summed E-state index contributed by atoms with van der Waals surface area (Å²) in [6.45, 7) is 8.24. The van der Waals surface area contributed by atoms with Crippen LogP contribution in [0.15, 0.2) is 22.5 Å². The van der Waals surface area contributed by atoms with Crippen LogP contribution >= 0.6 is 11.3 Å². The van der Waals surface area contributed by atoms with E-state index in [1.54, 1.807) is 7.05 Å². The van der Waals surface area contributed by atoms with Crippen molar-refractivity contribution in [3.05, 3.63) is 22.4 Å². The first-order valence-electron chi connectivity index (χ1n) is 9.13. The van der Waals surface area contributed by atoms with Gasteiger partial charge in [0.1, 0.15) is 0 Å². The third-order valence-electron chi connectivity index (χ3n) is 4.50. The van der Waals surface area contributed by atoms with E-state index >= 15 is 0 Å². The summed E-state index contributed by atoms with van der Waals surface area (Å²) in [7, 11) is 1.80. The highest BCUT2D eigenvalue weighted by Crippen LogP contribution is 2.12. The van der Waals surface area contributed by atoms with E-state index in [1.165, 1.54) is 11.3 Å². The number of amides is 1. The first kappa shape index (κ1) is 19.7. The number of nitrogens with one attached hydrogen (secondary N) is 3. The van der Waals surface area contributed by atoms with Crippen molar-refractivity contribution in [3.8, 4) is 0 Å².